The third kappa shape index (κ3) is 4.06. The molecule has 5 rings (SSSR count). The predicted octanol–water partition coefficient (Wildman–Crippen LogP) is 4.99. The highest BCUT2D eigenvalue weighted by Gasteiger charge is 2.59. The monoisotopic (exact) mass is 455 g/mol. The molecule has 3 saturated carbocycles. The maximum absolute atomic E-state index is 12.2. The molecule has 6 nitrogen and oxygen atoms in total. The SMILES string of the molecule is C/C(=N\OC(=O)NC[C@@H]1CCCN1)[C@H]1CCC2[C@@H]3CCC4=CC(=O)CC[C@]4(C)[C@H]3CC[C@@]21C. The van der Waals surface area contributed by atoms with Gasteiger partial charge in [0, 0.05) is 24.9 Å². The molecule has 0 bridgehead atoms. The molecule has 1 aliphatic heterocycles. The van der Waals surface area contributed by atoms with Crippen LogP contribution >= 0.6 is 0 Å². The molecule has 2 N–H and O–H groups in total. The minimum atomic E-state index is -0.446. The number of amides is 1. The van der Waals surface area contributed by atoms with Gasteiger partial charge in [-0.3, -0.25) is 9.63 Å². The van der Waals surface area contributed by atoms with Crippen molar-refractivity contribution in [1.29, 1.82) is 0 Å². The van der Waals surface area contributed by atoms with Crippen LogP contribution in [-0.4, -0.2) is 36.7 Å². The Bertz CT molecular complexity index is 861. The van der Waals surface area contributed by atoms with E-state index in [2.05, 4.69) is 29.6 Å². The van der Waals surface area contributed by atoms with Crippen molar-refractivity contribution in [1.82, 2.24) is 10.6 Å². The normalized spacial score (nSPS) is 42.8. The largest absolute Gasteiger partial charge is 0.433 e. The van der Waals surface area contributed by atoms with Gasteiger partial charge in [-0.05, 0) is 106 Å². The van der Waals surface area contributed by atoms with Crippen LogP contribution in [0.4, 0.5) is 4.79 Å². The molecule has 4 fully saturated rings. The molecule has 1 amide bonds. The number of nitrogens with zero attached hydrogens (tertiary/aromatic N) is 1. The Balaban J connectivity index is 1.24. The van der Waals surface area contributed by atoms with Crippen LogP contribution in [-0.2, 0) is 9.63 Å². The third-order valence-corrected chi connectivity index (χ3v) is 10.4. The minimum Gasteiger partial charge on any atom is -0.318 e. The first kappa shape index (κ1) is 23.1. The van der Waals surface area contributed by atoms with E-state index in [1.165, 1.54) is 31.3 Å². The van der Waals surface area contributed by atoms with Crippen LogP contribution in [0.15, 0.2) is 16.8 Å². The van der Waals surface area contributed by atoms with E-state index in [0.717, 1.165) is 56.7 Å². The molecule has 0 aromatic carbocycles. The van der Waals surface area contributed by atoms with Gasteiger partial charge < -0.3 is 10.6 Å². The molecule has 7 atom stereocenters. The first-order valence-electron chi connectivity index (χ1n) is 13.3. The van der Waals surface area contributed by atoms with Crippen molar-refractivity contribution in [3.63, 3.8) is 0 Å². The summed E-state index contributed by atoms with van der Waals surface area (Å²) in [6, 6.07) is 0.349. The Morgan fingerprint density at radius 1 is 1.15 bits per heavy atom. The fourth-order valence-electron chi connectivity index (χ4n) is 8.59. The zero-order valence-corrected chi connectivity index (χ0v) is 20.6. The van der Waals surface area contributed by atoms with Gasteiger partial charge in [-0.25, -0.2) is 4.79 Å². The van der Waals surface area contributed by atoms with Crippen LogP contribution in [0, 0.1) is 34.5 Å². The summed E-state index contributed by atoms with van der Waals surface area (Å²) < 4.78 is 0. The molecule has 0 spiro atoms. The zero-order chi connectivity index (χ0) is 23.2. The van der Waals surface area contributed by atoms with Crippen LogP contribution in [0.1, 0.15) is 85.0 Å². The van der Waals surface area contributed by atoms with Gasteiger partial charge in [0.2, 0.25) is 0 Å². The number of fused-ring (bicyclic) bond motifs is 5. The minimum absolute atomic E-state index is 0.217. The summed E-state index contributed by atoms with van der Waals surface area (Å²) in [5.41, 5.74) is 2.85. The van der Waals surface area contributed by atoms with Crippen molar-refractivity contribution >= 4 is 17.6 Å². The van der Waals surface area contributed by atoms with E-state index in [1.807, 2.05) is 13.0 Å². The lowest BCUT2D eigenvalue weighted by atomic mass is 9.46. The fraction of sp³-hybridized carbons (Fsp3) is 0.815. The molecular weight excluding hydrogens is 414 g/mol. The number of rotatable bonds is 4. The topological polar surface area (TPSA) is 79.8 Å². The number of oxime groups is 1. The Hall–Kier alpha value is -1.69. The summed E-state index contributed by atoms with van der Waals surface area (Å²) in [4.78, 5) is 29.5. The van der Waals surface area contributed by atoms with E-state index >= 15 is 0 Å². The number of allylic oxidation sites excluding steroid dienone is 1. The third-order valence-electron chi connectivity index (χ3n) is 10.4. The van der Waals surface area contributed by atoms with E-state index in [9.17, 15) is 9.59 Å². The molecular formula is C27H41N3O3. The maximum atomic E-state index is 12.2. The first-order valence-corrected chi connectivity index (χ1v) is 13.3. The number of hydrogen-bond acceptors (Lipinski definition) is 5. The second kappa shape index (κ2) is 8.83. The Kier molecular flexibility index (Phi) is 6.17. The highest BCUT2D eigenvalue weighted by atomic mass is 16.7. The van der Waals surface area contributed by atoms with Crippen molar-refractivity contribution in [3.05, 3.63) is 11.6 Å². The van der Waals surface area contributed by atoms with Gasteiger partial charge in [0.05, 0.1) is 5.71 Å². The average molecular weight is 456 g/mol. The average Bonchev–Trinajstić information content (AvgIpc) is 3.44. The van der Waals surface area contributed by atoms with E-state index in [-0.39, 0.29) is 10.8 Å². The first-order chi connectivity index (χ1) is 15.8. The van der Waals surface area contributed by atoms with Gasteiger partial charge in [0.15, 0.2) is 5.78 Å². The van der Waals surface area contributed by atoms with E-state index in [1.54, 1.807) is 0 Å². The zero-order valence-electron chi connectivity index (χ0n) is 20.6. The standard InChI is InChI=1S/C27H41N3O3/c1-17(30-33-25(32)29-16-19-5-4-14-28-19)22-8-9-23-21-7-6-18-15-20(31)10-12-26(18,2)24(21)11-13-27(22,23)3/h15,19,21-24,28H,4-14,16H2,1-3H3,(H,29,32)/b30-17+/t19-,21-,22+,23?,24-,26-,27+/m0/s1. The van der Waals surface area contributed by atoms with Crippen LogP contribution in [0.2, 0.25) is 0 Å². The van der Waals surface area contributed by atoms with Crippen molar-refractivity contribution in [2.24, 2.45) is 39.7 Å². The molecule has 6 heteroatoms. The predicted molar refractivity (Wildman–Crippen MR) is 129 cm³/mol. The molecule has 0 aromatic rings. The summed E-state index contributed by atoms with van der Waals surface area (Å²) in [6.07, 6.45) is 12.7. The summed E-state index contributed by atoms with van der Waals surface area (Å²) in [6.45, 7) is 8.58. The van der Waals surface area contributed by atoms with Crippen LogP contribution < -0.4 is 10.6 Å². The molecule has 1 heterocycles. The summed E-state index contributed by atoms with van der Waals surface area (Å²) in [5.74, 6) is 2.85. The molecule has 1 saturated heterocycles. The maximum Gasteiger partial charge on any atom is 0.433 e. The van der Waals surface area contributed by atoms with Gasteiger partial charge in [-0.2, -0.15) is 0 Å². The molecule has 0 aromatic heterocycles. The van der Waals surface area contributed by atoms with Gasteiger partial charge >= 0.3 is 6.09 Å². The summed E-state index contributed by atoms with van der Waals surface area (Å²) >= 11 is 0. The number of hydrogen-bond donors (Lipinski definition) is 2. The van der Waals surface area contributed by atoms with E-state index in [0.29, 0.717) is 36.1 Å². The van der Waals surface area contributed by atoms with Crippen LogP contribution in [0.5, 0.6) is 0 Å². The summed E-state index contributed by atoms with van der Waals surface area (Å²) in [7, 11) is 0. The van der Waals surface area contributed by atoms with Crippen LogP contribution in [0.25, 0.3) is 0 Å². The van der Waals surface area contributed by atoms with Gasteiger partial charge in [0.25, 0.3) is 0 Å². The van der Waals surface area contributed by atoms with Crippen molar-refractivity contribution < 1.29 is 14.4 Å². The fourth-order valence-corrected chi connectivity index (χ4v) is 8.59. The smallest absolute Gasteiger partial charge is 0.318 e. The quantitative estimate of drug-likeness (QED) is 0.356. The molecule has 5 aliphatic rings. The second-order valence-corrected chi connectivity index (χ2v) is 11.9. The van der Waals surface area contributed by atoms with Gasteiger partial charge in [0.1, 0.15) is 0 Å². The molecule has 1 unspecified atom stereocenters. The summed E-state index contributed by atoms with van der Waals surface area (Å²) in [5, 5.41) is 10.5. The molecule has 182 valence electrons. The van der Waals surface area contributed by atoms with Crippen LogP contribution in [0.3, 0.4) is 0 Å². The molecule has 0 radical (unpaired) electrons. The van der Waals surface area contributed by atoms with Crippen molar-refractivity contribution in [2.45, 2.75) is 91.0 Å². The number of carbonyl (C=O) groups is 2. The Morgan fingerprint density at radius 2 is 2.00 bits per heavy atom. The molecule has 4 aliphatic carbocycles. The number of nitrogens with one attached hydrogen (secondary N) is 2. The number of carbonyl (C=O) groups excluding carboxylic acids is 2. The van der Waals surface area contributed by atoms with Crippen molar-refractivity contribution in [2.75, 3.05) is 13.1 Å². The second-order valence-electron chi connectivity index (χ2n) is 11.9. The number of ketones is 1. The highest BCUT2D eigenvalue weighted by molar-refractivity contribution is 5.91. The van der Waals surface area contributed by atoms with Gasteiger partial charge in [-0.1, -0.05) is 24.6 Å². The highest BCUT2D eigenvalue weighted by Crippen LogP contribution is 2.66. The van der Waals surface area contributed by atoms with Crippen molar-refractivity contribution in [3.8, 4) is 0 Å². The molecule has 33 heavy (non-hydrogen) atoms. The van der Waals surface area contributed by atoms with E-state index in [4.69, 9.17) is 4.84 Å². The lowest BCUT2D eigenvalue weighted by Crippen LogP contribution is -2.51. The Labute approximate surface area is 198 Å². The Morgan fingerprint density at radius 3 is 2.79 bits per heavy atom. The lowest BCUT2D eigenvalue weighted by molar-refractivity contribution is -0.117. The van der Waals surface area contributed by atoms with Gasteiger partial charge in [-0.15, -0.1) is 0 Å². The van der Waals surface area contributed by atoms with E-state index < -0.39 is 6.09 Å². The lowest BCUT2D eigenvalue weighted by Gasteiger charge is -2.58.